The van der Waals surface area contributed by atoms with Crippen molar-refractivity contribution in [2.24, 2.45) is 0 Å². The standard InChI is InChI=1S/C10H9N5/c1-7-8(2)15(6-12-7)10-9(5-11)3-4-13-14-10/h3-4,6H,1-2H3. The molecule has 0 aliphatic heterocycles. The molecule has 0 spiro atoms. The molecule has 15 heavy (non-hydrogen) atoms. The molecule has 0 unspecified atom stereocenters. The van der Waals surface area contributed by atoms with Gasteiger partial charge < -0.3 is 0 Å². The lowest BCUT2D eigenvalue weighted by Gasteiger charge is -2.04. The first-order valence-electron chi connectivity index (χ1n) is 4.46. The van der Waals surface area contributed by atoms with E-state index in [4.69, 9.17) is 5.26 Å². The second-order valence-electron chi connectivity index (χ2n) is 3.17. The van der Waals surface area contributed by atoms with E-state index in [1.807, 2.05) is 13.8 Å². The predicted octanol–water partition coefficient (Wildman–Crippen LogP) is 1.15. The molecule has 0 fully saturated rings. The Morgan fingerprint density at radius 3 is 2.80 bits per heavy atom. The average molecular weight is 199 g/mol. The topological polar surface area (TPSA) is 67.4 Å². The zero-order valence-corrected chi connectivity index (χ0v) is 8.47. The van der Waals surface area contributed by atoms with Gasteiger partial charge in [0, 0.05) is 5.69 Å². The van der Waals surface area contributed by atoms with Crippen LogP contribution < -0.4 is 0 Å². The molecule has 2 rings (SSSR count). The third kappa shape index (κ3) is 1.46. The molecule has 0 saturated carbocycles. The zero-order valence-electron chi connectivity index (χ0n) is 8.47. The van der Waals surface area contributed by atoms with Gasteiger partial charge in [-0.05, 0) is 19.9 Å². The minimum Gasteiger partial charge on any atom is -0.285 e. The van der Waals surface area contributed by atoms with Crippen LogP contribution in [0.5, 0.6) is 0 Å². The van der Waals surface area contributed by atoms with Gasteiger partial charge in [-0.1, -0.05) is 0 Å². The van der Waals surface area contributed by atoms with Crippen molar-refractivity contribution in [2.45, 2.75) is 13.8 Å². The highest BCUT2D eigenvalue weighted by Crippen LogP contribution is 2.13. The number of hydrogen-bond donors (Lipinski definition) is 0. The number of nitriles is 1. The fourth-order valence-corrected chi connectivity index (χ4v) is 1.30. The summed E-state index contributed by atoms with van der Waals surface area (Å²) in [7, 11) is 0. The summed E-state index contributed by atoms with van der Waals surface area (Å²) < 4.78 is 1.76. The van der Waals surface area contributed by atoms with E-state index in [1.165, 1.54) is 6.20 Å². The van der Waals surface area contributed by atoms with Crippen LogP contribution in [0.4, 0.5) is 0 Å². The molecule has 74 valence electrons. The summed E-state index contributed by atoms with van der Waals surface area (Å²) >= 11 is 0. The number of hydrogen-bond acceptors (Lipinski definition) is 4. The number of nitrogens with zero attached hydrogens (tertiary/aromatic N) is 5. The van der Waals surface area contributed by atoms with Crippen molar-refractivity contribution < 1.29 is 0 Å². The van der Waals surface area contributed by atoms with Gasteiger partial charge in [0.15, 0.2) is 5.82 Å². The van der Waals surface area contributed by atoms with Crippen LogP contribution in [0.3, 0.4) is 0 Å². The van der Waals surface area contributed by atoms with Crippen LogP contribution in [0, 0.1) is 25.2 Å². The Kier molecular flexibility index (Phi) is 2.18. The van der Waals surface area contributed by atoms with Crippen LogP contribution in [0.15, 0.2) is 18.6 Å². The summed E-state index contributed by atoms with van der Waals surface area (Å²) in [6, 6.07) is 3.72. The lowest BCUT2D eigenvalue weighted by atomic mass is 10.3. The number of imidazole rings is 1. The van der Waals surface area contributed by atoms with Crippen LogP contribution in [-0.4, -0.2) is 19.7 Å². The fraction of sp³-hybridized carbons (Fsp3) is 0.200. The largest absolute Gasteiger partial charge is 0.285 e. The van der Waals surface area contributed by atoms with Crippen molar-refractivity contribution in [1.82, 2.24) is 19.7 Å². The minimum absolute atomic E-state index is 0.491. The molecule has 2 aromatic rings. The fourth-order valence-electron chi connectivity index (χ4n) is 1.30. The second-order valence-corrected chi connectivity index (χ2v) is 3.17. The van der Waals surface area contributed by atoms with Gasteiger partial charge in [-0.15, -0.1) is 5.10 Å². The third-order valence-corrected chi connectivity index (χ3v) is 2.30. The molecule has 0 amide bonds. The highest BCUT2D eigenvalue weighted by atomic mass is 15.2. The smallest absolute Gasteiger partial charge is 0.178 e. The first-order chi connectivity index (χ1) is 7.24. The Hall–Kier alpha value is -2.22. The van der Waals surface area contributed by atoms with Gasteiger partial charge in [0.1, 0.15) is 12.4 Å². The average Bonchev–Trinajstić information content (AvgIpc) is 2.60. The third-order valence-electron chi connectivity index (χ3n) is 2.30. The van der Waals surface area contributed by atoms with E-state index in [-0.39, 0.29) is 0 Å². The van der Waals surface area contributed by atoms with Crippen molar-refractivity contribution in [1.29, 1.82) is 5.26 Å². The van der Waals surface area contributed by atoms with Crippen LogP contribution in [0.1, 0.15) is 17.0 Å². The second kappa shape index (κ2) is 3.50. The first kappa shape index (κ1) is 9.34. The summed E-state index contributed by atoms with van der Waals surface area (Å²) in [5.74, 6) is 0.526. The lowest BCUT2D eigenvalue weighted by molar-refractivity contribution is 0.883. The highest BCUT2D eigenvalue weighted by molar-refractivity contribution is 5.43. The van der Waals surface area contributed by atoms with Crippen molar-refractivity contribution in [2.75, 3.05) is 0 Å². The van der Waals surface area contributed by atoms with Crippen molar-refractivity contribution in [3.05, 3.63) is 35.5 Å². The maximum Gasteiger partial charge on any atom is 0.178 e. The zero-order chi connectivity index (χ0) is 10.8. The van der Waals surface area contributed by atoms with Gasteiger partial charge in [-0.3, -0.25) is 4.57 Å². The SMILES string of the molecule is Cc1ncn(-c2nnccc2C#N)c1C. The van der Waals surface area contributed by atoms with Gasteiger partial charge in [0.2, 0.25) is 0 Å². The van der Waals surface area contributed by atoms with Crippen LogP contribution in [0.2, 0.25) is 0 Å². The Balaban J connectivity index is 2.65. The molecule has 0 aliphatic rings. The number of rotatable bonds is 1. The predicted molar refractivity (Wildman–Crippen MR) is 53.3 cm³/mol. The van der Waals surface area contributed by atoms with Gasteiger partial charge in [-0.25, -0.2) is 4.98 Å². The van der Waals surface area contributed by atoms with E-state index in [9.17, 15) is 0 Å². The maximum absolute atomic E-state index is 8.93. The lowest BCUT2D eigenvalue weighted by Crippen LogP contribution is -2.02. The molecule has 0 aliphatic carbocycles. The molecular weight excluding hydrogens is 190 g/mol. The normalized spacial score (nSPS) is 9.93. The molecule has 5 heteroatoms. The molecule has 0 saturated heterocycles. The molecule has 0 bridgehead atoms. The Labute approximate surface area is 87.0 Å². The van der Waals surface area contributed by atoms with Gasteiger partial charge >= 0.3 is 0 Å². The van der Waals surface area contributed by atoms with E-state index in [0.29, 0.717) is 11.4 Å². The van der Waals surface area contributed by atoms with Gasteiger partial charge in [0.05, 0.1) is 17.5 Å². The molecule has 0 aromatic carbocycles. The summed E-state index contributed by atoms with van der Waals surface area (Å²) in [5.41, 5.74) is 2.38. The molecule has 0 radical (unpaired) electrons. The van der Waals surface area contributed by atoms with E-state index in [1.54, 1.807) is 17.0 Å². The van der Waals surface area contributed by atoms with Crippen LogP contribution in [-0.2, 0) is 0 Å². The van der Waals surface area contributed by atoms with Crippen molar-refractivity contribution in [3.63, 3.8) is 0 Å². The Morgan fingerprint density at radius 1 is 1.40 bits per heavy atom. The first-order valence-corrected chi connectivity index (χ1v) is 4.46. The molecule has 2 heterocycles. The summed E-state index contributed by atoms with van der Waals surface area (Å²) in [6.07, 6.45) is 3.15. The van der Waals surface area contributed by atoms with Gasteiger partial charge in [-0.2, -0.15) is 10.4 Å². The van der Waals surface area contributed by atoms with E-state index in [2.05, 4.69) is 21.3 Å². The number of aromatic nitrogens is 4. The van der Waals surface area contributed by atoms with E-state index < -0.39 is 0 Å². The van der Waals surface area contributed by atoms with E-state index in [0.717, 1.165) is 11.4 Å². The Morgan fingerprint density at radius 2 is 2.20 bits per heavy atom. The van der Waals surface area contributed by atoms with Crippen molar-refractivity contribution in [3.8, 4) is 11.9 Å². The van der Waals surface area contributed by atoms with Crippen LogP contribution >= 0.6 is 0 Å². The monoisotopic (exact) mass is 199 g/mol. The van der Waals surface area contributed by atoms with Crippen LogP contribution in [0.25, 0.3) is 5.82 Å². The maximum atomic E-state index is 8.93. The number of aryl methyl sites for hydroxylation is 1. The molecule has 2 aromatic heterocycles. The summed E-state index contributed by atoms with van der Waals surface area (Å²) in [6.45, 7) is 3.84. The minimum atomic E-state index is 0.491. The Bertz CT molecular complexity index is 535. The van der Waals surface area contributed by atoms with E-state index >= 15 is 0 Å². The molecular formula is C10H9N5. The highest BCUT2D eigenvalue weighted by Gasteiger charge is 2.09. The summed E-state index contributed by atoms with van der Waals surface area (Å²) in [4.78, 5) is 4.15. The molecule has 0 N–H and O–H groups in total. The molecule has 0 atom stereocenters. The summed E-state index contributed by atoms with van der Waals surface area (Å²) in [5, 5.41) is 16.6. The van der Waals surface area contributed by atoms with Gasteiger partial charge in [0.25, 0.3) is 0 Å². The molecule has 5 nitrogen and oxygen atoms in total. The quantitative estimate of drug-likeness (QED) is 0.691. The van der Waals surface area contributed by atoms with Crippen molar-refractivity contribution >= 4 is 0 Å².